The van der Waals surface area contributed by atoms with Gasteiger partial charge >= 0.3 is 0 Å². The van der Waals surface area contributed by atoms with Crippen LogP contribution in [0, 0.1) is 11.3 Å². The first kappa shape index (κ1) is 14.2. The Bertz CT molecular complexity index is 463. The molecule has 3 heteroatoms. The molecule has 0 aromatic heterocycles. The maximum absolute atomic E-state index is 12.1. The molecule has 1 aromatic rings. The summed E-state index contributed by atoms with van der Waals surface area (Å²) in [6, 6.07) is 9.23. The fraction of sp³-hybridized carbons (Fsp3) is 0.467. The van der Waals surface area contributed by atoms with Gasteiger partial charge in [-0.05, 0) is 30.0 Å². The molecule has 1 unspecified atom stereocenters. The molecular formula is C15H20N2O. The van der Waals surface area contributed by atoms with E-state index in [0.29, 0.717) is 5.56 Å². The van der Waals surface area contributed by atoms with Gasteiger partial charge in [0.2, 0.25) is 0 Å². The van der Waals surface area contributed by atoms with Crippen LogP contribution in [-0.4, -0.2) is 23.9 Å². The number of rotatable bonds is 2. The SMILES string of the molecule is CC(C#N)N(C)C(=O)c1ccc(C(C)(C)C)cc1. The zero-order chi connectivity index (χ0) is 13.9. The van der Waals surface area contributed by atoms with Gasteiger partial charge in [0.1, 0.15) is 6.04 Å². The molecule has 1 amide bonds. The Hall–Kier alpha value is -1.82. The van der Waals surface area contributed by atoms with Gasteiger partial charge in [0.25, 0.3) is 5.91 Å². The first-order valence-corrected chi connectivity index (χ1v) is 6.04. The zero-order valence-corrected chi connectivity index (χ0v) is 11.7. The van der Waals surface area contributed by atoms with Crippen molar-refractivity contribution in [1.82, 2.24) is 4.90 Å². The lowest BCUT2D eigenvalue weighted by molar-refractivity contribution is 0.0773. The molecule has 0 N–H and O–H groups in total. The molecule has 0 aliphatic heterocycles. The van der Waals surface area contributed by atoms with Gasteiger partial charge in [-0.1, -0.05) is 32.9 Å². The average Bonchev–Trinajstić information content (AvgIpc) is 2.35. The van der Waals surface area contributed by atoms with Crippen molar-refractivity contribution < 1.29 is 4.79 Å². The molecule has 0 aliphatic carbocycles. The maximum atomic E-state index is 12.1. The van der Waals surface area contributed by atoms with Crippen molar-refractivity contribution in [3.63, 3.8) is 0 Å². The molecule has 96 valence electrons. The third kappa shape index (κ3) is 3.10. The lowest BCUT2D eigenvalue weighted by atomic mass is 9.86. The van der Waals surface area contributed by atoms with E-state index in [2.05, 4.69) is 26.8 Å². The predicted octanol–water partition coefficient (Wildman–Crippen LogP) is 2.97. The quantitative estimate of drug-likeness (QED) is 0.802. The molecule has 18 heavy (non-hydrogen) atoms. The number of carbonyl (C=O) groups is 1. The van der Waals surface area contributed by atoms with E-state index in [4.69, 9.17) is 5.26 Å². The van der Waals surface area contributed by atoms with Crippen LogP contribution >= 0.6 is 0 Å². The highest BCUT2D eigenvalue weighted by Gasteiger charge is 2.18. The summed E-state index contributed by atoms with van der Waals surface area (Å²) in [6.45, 7) is 8.11. The monoisotopic (exact) mass is 244 g/mol. The van der Waals surface area contributed by atoms with E-state index >= 15 is 0 Å². The molecule has 1 aromatic carbocycles. The van der Waals surface area contributed by atoms with Crippen molar-refractivity contribution in [3.05, 3.63) is 35.4 Å². The van der Waals surface area contributed by atoms with Gasteiger partial charge in [-0.25, -0.2) is 0 Å². The van der Waals surface area contributed by atoms with Gasteiger partial charge in [0, 0.05) is 12.6 Å². The van der Waals surface area contributed by atoms with Crippen LogP contribution in [0.5, 0.6) is 0 Å². The second kappa shape index (κ2) is 5.22. The minimum absolute atomic E-state index is 0.0768. The number of carbonyl (C=O) groups excluding carboxylic acids is 1. The van der Waals surface area contributed by atoms with E-state index in [9.17, 15) is 4.79 Å². The van der Waals surface area contributed by atoms with Crippen molar-refractivity contribution in [1.29, 1.82) is 5.26 Å². The van der Waals surface area contributed by atoms with E-state index in [0.717, 1.165) is 0 Å². The molecule has 1 atom stereocenters. The molecule has 0 saturated heterocycles. The Balaban J connectivity index is 2.93. The second-order valence-corrected chi connectivity index (χ2v) is 5.55. The van der Waals surface area contributed by atoms with Crippen molar-refractivity contribution in [2.45, 2.75) is 39.2 Å². The summed E-state index contributed by atoms with van der Waals surface area (Å²) in [7, 11) is 1.65. The van der Waals surface area contributed by atoms with Gasteiger partial charge in [-0.15, -0.1) is 0 Å². The smallest absolute Gasteiger partial charge is 0.254 e. The molecule has 0 saturated carbocycles. The van der Waals surface area contributed by atoms with Crippen molar-refractivity contribution in [2.75, 3.05) is 7.05 Å². The molecule has 0 aliphatic rings. The summed E-state index contributed by atoms with van der Waals surface area (Å²) in [5.41, 5.74) is 1.88. The first-order valence-electron chi connectivity index (χ1n) is 6.04. The molecule has 0 radical (unpaired) electrons. The van der Waals surface area contributed by atoms with E-state index in [1.165, 1.54) is 10.5 Å². The van der Waals surface area contributed by atoms with Gasteiger partial charge in [0.05, 0.1) is 6.07 Å². The highest BCUT2D eigenvalue weighted by Crippen LogP contribution is 2.22. The molecule has 3 nitrogen and oxygen atoms in total. The normalized spacial score (nSPS) is 12.7. The number of benzene rings is 1. The van der Waals surface area contributed by atoms with Gasteiger partial charge in [-0.2, -0.15) is 5.26 Å². The summed E-state index contributed by atoms with van der Waals surface area (Å²) in [5, 5.41) is 8.81. The van der Waals surface area contributed by atoms with Crippen LogP contribution in [0.25, 0.3) is 0 Å². The van der Waals surface area contributed by atoms with Crippen LogP contribution in [0.4, 0.5) is 0 Å². The first-order chi connectivity index (χ1) is 8.27. The van der Waals surface area contributed by atoms with Crippen LogP contribution in [0.15, 0.2) is 24.3 Å². The molecule has 1 rings (SSSR count). The summed E-state index contributed by atoms with van der Waals surface area (Å²) in [4.78, 5) is 13.5. The number of amides is 1. The minimum atomic E-state index is -0.417. The van der Waals surface area contributed by atoms with E-state index in [1.54, 1.807) is 14.0 Å². The topological polar surface area (TPSA) is 44.1 Å². The molecule has 0 heterocycles. The van der Waals surface area contributed by atoms with Gasteiger partial charge in [-0.3, -0.25) is 4.79 Å². The second-order valence-electron chi connectivity index (χ2n) is 5.55. The Morgan fingerprint density at radius 2 is 1.78 bits per heavy atom. The molecule has 0 bridgehead atoms. The fourth-order valence-electron chi connectivity index (χ4n) is 1.58. The minimum Gasteiger partial charge on any atom is -0.326 e. The number of nitrogens with zero attached hydrogens (tertiary/aromatic N) is 2. The third-order valence-electron chi connectivity index (χ3n) is 3.09. The number of hydrogen-bond donors (Lipinski definition) is 0. The van der Waals surface area contributed by atoms with Crippen LogP contribution in [0.2, 0.25) is 0 Å². The van der Waals surface area contributed by atoms with Crippen LogP contribution in [0.3, 0.4) is 0 Å². The Kier molecular flexibility index (Phi) is 4.13. The van der Waals surface area contributed by atoms with Crippen molar-refractivity contribution in [3.8, 4) is 6.07 Å². The van der Waals surface area contributed by atoms with E-state index < -0.39 is 6.04 Å². The lowest BCUT2D eigenvalue weighted by Gasteiger charge is -2.21. The largest absolute Gasteiger partial charge is 0.326 e. The summed E-state index contributed by atoms with van der Waals surface area (Å²) in [6.07, 6.45) is 0. The standard InChI is InChI=1S/C15H20N2O/c1-11(10-16)17(5)14(18)12-6-8-13(9-7-12)15(2,3)4/h6-9,11H,1-5H3. The van der Waals surface area contributed by atoms with E-state index in [1.807, 2.05) is 24.3 Å². The van der Waals surface area contributed by atoms with Crippen molar-refractivity contribution in [2.24, 2.45) is 0 Å². The van der Waals surface area contributed by atoms with Crippen LogP contribution in [-0.2, 0) is 5.41 Å². The van der Waals surface area contributed by atoms with Gasteiger partial charge < -0.3 is 4.90 Å². The van der Waals surface area contributed by atoms with Gasteiger partial charge in [0.15, 0.2) is 0 Å². The maximum Gasteiger partial charge on any atom is 0.254 e. The summed E-state index contributed by atoms with van der Waals surface area (Å²) in [5.74, 6) is -0.121. The highest BCUT2D eigenvalue weighted by molar-refractivity contribution is 5.94. The van der Waals surface area contributed by atoms with Crippen LogP contribution in [0.1, 0.15) is 43.6 Å². The Morgan fingerprint density at radius 1 is 1.28 bits per heavy atom. The zero-order valence-electron chi connectivity index (χ0n) is 11.7. The van der Waals surface area contributed by atoms with Crippen LogP contribution < -0.4 is 0 Å². The Morgan fingerprint density at radius 3 is 2.17 bits per heavy atom. The average molecular weight is 244 g/mol. The highest BCUT2D eigenvalue weighted by atomic mass is 16.2. The lowest BCUT2D eigenvalue weighted by Crippen LogP contribution is -2.34. The predicted molar refractivity (Wildman–Crippen MR) is 72.3 cm³/mol. The van der Waals surface area contributed by atoms with E-state index in [-0.39, 0.29) is 11.3 Å². The number of hydrogen-bond acceptors (Lipinski definition) is 2. The molecular weight excluding hydrogens is 224 g/mol. The molecule has 0 fully saturated rings. The molecule has 0 spiro atoms. The summed E-state index contributed by atoms with van der Waals surface area (Å²) >= 11 is 0. The summed E-state index contributed by atoms with van der Waals surface area (Å²) < 4.78 is 0. The van der Waals surface area contributed by atoms with Crippen molar-refractivity contribution >= 4 is 5.91 Å². The Labute approximate surface area is 109 Å². The third-order valence-corrected chi connectivity index (χ3v) is 3.09. The fourth-order valence-corrected chi connectivity index (χ4v) is 1.58. The number of nitriles is 1.